The number of carbonyl (C=O) groups is 1. The molecular weight excluding hydrogens is 274 g/mol. The maximum Gasteiger partial charge on any atom is 0.262 e. The van der Waals surface area contributed by atoms with Crippen LogP contribution in [0, 0.1) is 18.3 Å². The van der Waals surface area contributed by atoms with E-state index < -0.39 is 5.91 Å². The average molecular weight is 291 g/mol. The van der Waals surface area contributed by atoms with Gasteiger partial charge in [-0.05, 0) is 37.6 Å². The summed E-state index contributed by atoms with van der Waals surface area (Å²) in [5.74, 6) is -0.401. The third kappa shape index (κ3) is 4.03. The van der Waals surface area contributed by atoms with E-state index in [1.54, 1.807) is 6.07 Å². The lowest BCUT2D eigenvalue weighted by molar-refractivity contribution is -0.117. The second-order valence-corrected chi connectivity index (χ2v) is 4.98. The number of carbonyl (C=O) groups excluding carboxylic acids is 1. The van der Waals surface area contributed by atoms with Crippen molar-refractivity contribution >= 4 is 12.0 Å². The highest BCUT2D eigenvalue weighted by atomic mass is 16.1. The van der Waals surface area contributed by atoms with Gasteiger partial charge in [0.25, 0.3) is 5.91 Å². The third-order valence-electron chi connectivity index (χ3n) is 3.21. The van der Waals surface area contributed by atoms with Crippen molar-refractivity contribution in [1.29, 1.82) is 5.26 Å². The Kier molecular flexibility index (Phi) is 5.05. The largest absolute Gasteiger partial charge is 0.345 e. The van der Waals surface area contributed by atoms with Crippen LogP contribution in [-0.4, -0.2) is 10.9 Å². The Morgan fingerprint density at radius 2 is 1.95 bits per heavy atom. The van der Waals surface area contributed by atoms with E-state index in [2.05, 4.69) is 10.3 Å². The average Bonchev–Trinajstić information content (AvgIpc) is 2.53. The fourth-order valence-electron chi connectivity index (χ4n) is 2.04. The Hall–Kier alpha value is -2.93. The Morgan fingerprint density at radius 3 is 2.59 bits per heavy atom. The molecule has 0 saturated heterocycles. The molecule has 2 rings (SSSR count). The SMILES string of the molecule is Cc1cccc(C=C(C#N)C(=O)N[C@H](C)c2ccccc2)n1. The van der Waals surface area contributed by atoms with Gasteiger partial charge in [0, 0.05) is 5.69 Å². The van der Waals surface area contributed by atoms with Crippen molar-refractivity contribution < 1.29 is 4.79 Å². The lowest BCUT2D eigenvalue weighted by atomic mass is 10.1. The van der Waals surface area contributed by atoms with Crippen LogP contribution in [0.2, 0.25) is 0 Å². The van der Waals surface area contributed by atoms with E-state index in [0.29, 0.717) is 5.69 Å². The molecule has 1 heterocycles. The smallest absolute Gasteiger partial charge is 0.262 e. The molecule has 22 heavy (non-hydrogen) atoms. The van der Waals surface area contributed by atoms with Gasteiger partial charge in [0.15, 0.2) is 0 Å². The summed E-state index contributed by atoms with van der Waals surface area (Å²) in [6.07, 6.45) is 1.50. The van der Waals surface area contributed by atoms with Crippen LogP contribution in [-0.2, 0) is 4.79 Å². The van der Waals surface area contributed by atoms with Gasteiger partial charge in [-0.15, -0.1) is 0 Å². The van der Waals surface area contributed by atoms with E-state index in [0.717, 1.165) is 11.3 Å². The van der Waals surface area contributed by atoms with Crippen LogP contribution in [0.4, 0.5) is 0 Å². The maximum absolute atomic E-state index is 12.2. The number of hydrogen-bond donors (Lipinski definition) is 1. The zero-order valence-electron chi connectivity index (χ0n) is 12.6. The first-order valence-electron chi connectivity index (χ1n) is 7.01. The fourth-order valence-corrected chi connectivity index (χ4v) is 2.04. The summed E-state index contributed by atoms with van der Waals surface area (Å²) < 4.78 is 0. The van der Waals surface area contributed by atoms with Gasteiger partial charge in [0.05, 0.1) is 11.7 Å². The molecule has 1 N–H and O–H groups in total. The van der Waals surface area contributed by atoms with E-state index in [-0.39, 0.29) is 11.6 Å². The molecule has 110 valence electrons. The lowest BCUT2D eigenvalue weighted by Gasteiger charge is -2.13. The summed E-state index contributed by atoms with van der Waals surface area (Å²) in [5, 5.41) is 12.0. The molecule has 1 aromatic carbocycles. The quantitative estimate of drug-likeness (QED) is 0.695. The summed E-state index contributed by atoms with van der Waals surface area (Å²) in [6, 6.07) is 16.8. The zero-order valence-corrected chi connectivity index (χ0v) is 12.6. The van der Waals surface area contributed by atoms with Crippen molar-refractivity contribution in [2.45, 2.75) is 19.9 Å². The van der Waals surface area contributed by atoms with E-state index in [4.69, 9.17) is 0 Å². The Balaban J connectivity index is 2.14. The minimum absolute atomic E-state index is 0.0425. The molecule has 0 fully saturated rings. The summed E-state index contributed by atoms with van der Waals surface area (Å²) in [4.78, 5) is 16.5. The lowest BCUT2D eigenvalue weighted by Crippen LogP contribution is -2.27. The highest BCUT2D eigenvalue weighted by molar-refractivity contribution is 6.01. The van der Waals surface area contributed by atoms with Crippen LogP contribution < -0.4 is 5.32 Å². The first-order chi connectivity index (χ1) is 10.6. The summed E-state index contributed by atoms with van der Waals surface area (Å²) in [7, 11) is 0. The van der Waals surface area contributed by atoms with Crippen LogP contribution in [0.15, 0.2) is 54.1 Å². The second-order valence-electron chi connectivity index (χ2n) is 4.98. The van der Waals surface area contributed by atoms with E-state index in [1.807, 2.05) is 62.4 Å². The molecule has 0 saturated carbocycles. The van der Waals surface area contributed by atoms with Gasteiger partial charge in [-0.25, -0.2) is 0 Å². The number of aromatic nitrogens is 1. The molecule has 1 aromatic heterocycles. The van der Waals surface area contributed by atoms with E-state index in [9.17, 15) is 10.1 Å². The summed E-state index contributed by atoms with van der Waals surface area (Å²) in [5.41, 5.74) is 2.46. The van der Waals surface area contributed by atoms with Crippen LogP contribution >= 0.6 is 0 Å². The predicted octanol–water partition coefficient (Wildman–Crippen LogP) is 3.17. The number of aryl methyl sites for hydroxylation is 1. The molecule has 4 heteroatoms. The molecule has 0 bridgehead atoms. The number of nitrogens with one attached hydrogen (secondary N) is 1. The van der Waals surface area contributed by atoms with Gasteiger partial charge >= 0.3 is 0 Å². The Labute approximate surface area is 130 Å². The molecule has 0 aliphatic rings. The molecule has 0 aliphatic heterocycles. The molecule has 1 amide bonds. The van der Waals surface area contributed by atoms with Crippen molar-refractivity contribution in [1.82, 2.24) is 10.3 Å². The molecule has 2 aromatic rings. The number of nitrogens with zero attached hydrogens (tertiary/aromatic N) is 2. The van der Waals surface area contributed by atoms with Crippen LogP contribution in [0.3, 0.4) is 0 Å². The van der Waals surface area contributed by atoms with Gasteiger partial charge < -0.3 is 5.32 Å². The number of benzene rings is 1. The van der Waals surface area contributed by atoms with Crippen LogP contribution in [0.1, 0.15) is 29.9 Å². The highest BCUT2D eigenvalue weighted by Gasteiger charge is 2.13. The standard InChI is InChI=1S/C18H17N3O/c1-13-7-6-10-17(20-13)11-16(12-19)18(22)21-14(2)15-8-4-3-5-9-15/h3-11,14H,1-2H3,(H,21,22)/t14-/m1/s1. The van der Waals surface area contributed by atoms with Crippen LogP contribution in [0.5, 0.6) is 0 Å². The van der Waals surface area contributed by atoms with Gasteiger partial charge in [-0.3, -0.25) is 9.78 Å². The Bertz CT molecular complexity index is 729. The molecule has 0 spiro atoms. The highest BCUT2D eigenvalue weighted by Crippen LogP contribution is 2.13. The fraction of sp³-hybridized carbons (Fsp3) is 0.167. The normalized spacial score (nSPS) is 12.3. The predicted molar refractivity (Wildman–Crippen MR) is 85.6 cm³/mol. The molecule has 0 aliphatic carbocycles. The van der Waals surface area contributed by atoms with Crippen molar-refractivity contribution in [2.75, 3.05) is 0 Å². The van der Waals surface area contributed by atoms with Gasteiger partial charge in [-0.2, -0.15) is 5.26 Å². The summed E-state index contributed by atoms with van der Waals surface area (Å²) >= 11 is 0. The first kappa shape index (κ1) is 15.5. The Morgan fingerprint density at radius 1 is 1.23 bits per heavy atom. The third-order valence-corrected chi connectivity index (χ3v) is 3.21. The van der Waals surface area contributed by atoms with Crippen molar-refractivity contribution in [2.24, 2.45) is 0 Å². The molecular formula is C18H17N3O. The van der Waals surface area contributed by atoms with E-state index in [1.165, 1.54) is 6.08 Å². The monoisotopic (exact) mass is 291 g/mol. The topological polar surface area (TPSA) is 65.8 Å². The maximum atomic E-state index is 12.2. The number of hydrogen-bond acceptors (Lipinski definition) is 3. The molecule has 0 unspecified atom stereocenters. The zero-order chi connectivity index (χ0) is 15.9. The summed E-state index contributed by atoms with van der Waals surface area (Å²) in [6.45, 7) is 3.74. The van der Waals surface area contributed by atoms with Crippen molar-refractivity contribution in [3.05, 3.63) is 71.1 Å². The van der Waals surface area contributed by atoms with Crippen molar-refractivity contribution in [3.8, 4) is 6.07 Å². The van der Waals surface area contributed by atoms with Gasteiger partial charge in [0.1, 0.15) is 11.6 Å². The molecule has 4 nitrogen and oxygen atoms in total. The van der Waals surface area contributed by atoms with E-state index >= 15 is 0 Å². The minimum Gasteiger partial charge on any atom is -0.345 e. The minimum atomic E-state index is -0.401. The number of amides is 1. The number of nitriles is 1. The molecule has 0 radical (unpaired) electrons. The second kappa shape index (κ2) is 7.19. The first-order valence-corrected chi connectivity index (χ1v) is 7.01. The van der Waals surface area contributed by atoms with Gasteiger partial charge in [-0.1, -0.05) is 36.4 Å². The molecule has 1 atom stereocenters. The number of pyridine rings is 1. The van der Waals surface area contributed by atoms with Gasteiger partial charge in [0.2, 0.25) is 0 Å². The van der Waals surface area contributed by atoms with Crippen molar-refractivity contribution in [3.63, 3.8) is 0 Å². The van der Waals surface area contributed by atoms with Crippen LogP contribution in [0.25, 0.3) is 6.08 Å². The number of rotatable bonds is 4.